The summed E-state index contributed by atoms with van der Waals surface area (Å²) in [6.45, 7) is 9.62. The first-order valence-corrected chi connectivity index (χ1v) is 7.10. The predicted molar refractivity (Wildman–Crippen MR) is 81.2 cm³/mol. The Kier molecular flexibility index (Phi) is 7.06. The van der Waals surface area contributed by atoms with Crippen molar-refractivity contribution in [3.8, 4) is 0 Å². The molecular formula is C16H28N2O. The van der Waals surface area contributed by atoms with Gasteiger partial charge in [0.25, 0.3) is 0 Å². The maximum Gasteiger partial charge on any atom is 0.0791 e. The third kappa shape index (κ3) is 7.31. The van der Waals surface area contributed by atoms with Gasteiger partial charge in [-0.15, -0.1) is 0 Å². The summed E-state index contributed by atoms with van der Waals surface area (Å²) >= 11 is 0. The fraction of sp³-hybridized carbons (Fsp3) is 0.625. The molecule has 0 aromatic heterocycles. The number of hydrogen-bond acceptors (Lipinski definition) is 3. The molecule has 0 aliphatic rings. The monoisotopic (exact) mass is 264 g/mol. The normalized spacial score (nSPS) is 13.2. The standard InChI is InChI=1S/C16H28N2O/c1-13(2)9-17-10-16(19)12-18(4)11-15-7-5-14(3)6-8-15/h5-8,13,16-17,19H,9-12H2,1-4H3. The molecular weight excluding hydrogens is 236 g/mol. The molecule has 1 rings (SSSR count). The van der Waals surface area contributed by atoms with Gasteiger partial charge < -0.3 is 10.4 Å². The zero-order valence-corrected chi connectivity index (χ0v) is 12.7. The van der Waals surface area contributed by atoms with Gasteiger partial charge in [0, 0.05) is 19.6 Å². The molecule has 0 spiro atoms. The van der Waals surface area contributed by atoms with Crippen molar-refractivity contribution >= 4 is 0 Å². The van der Waals surface area contributed by atoms with Crippen LogP contribution in [0.1, 0.15) is 25.0 Å². The summed E-state index contributed by atoms with van der Waals surface area (Å²) in [5, 5.41) is 13.2. The first-order chi connectivity index (χ1) is 8.97. The number of aliphatic hydroxyl groups excluding tert-OH is 1. The Morgan fingerprint density at radius 3 is 2.37 bits per heavy atom. The molecule has 19 heavy (non-hydrogen) atoms. The number of benzene rings is 1. The molecule has 2 N–H and O–H groups in total. The van der Waals surface area contributed by atoms with Crippen molar-refractivity contribution in [2.75, 3.05) is 26.7 Å². The van der Waals surface area contributed by atoms with Gasteiger partial charge in [0.2, 0.25) is 0 Å². The second kappa shape index (κ2) is 8.31. The minimum Gasteiger partial charge on any atom is -0.390 e. The highest BCUT2D eigenvalue weighted by Crippen LogP contribution is 2.06. The van der Waals surface area contributed by atoms with Gasteiger partial charge in [0.05, 0.1) is 6.10 Å². The topological polar surface area (TPSA) is 35.5 Å². The van der Waals surface area contributed by atoms with E-state index in [4.69, 9.17) is 0 Å². The van der Waals surface area contributed by atoms with E-state index in [9.17, 15) is 5.11 Å². The molecule has 0 fully saturated rings. The van der Waals surface area contributed by atoms with Crippen molar-refractivity contribution in [1.29, 1.82) is 0 Å². The molecule has 108 valence electrons. The minimum absolute atomic E-state index is 0.311. The van der Waals surface area contributed by atoms with Crippen LogP contribution in [-0.4, -0.2) is 42.8 Å². The number of nitrogens with zero attached hydrogens (tertiary/aromatic N) is 1. The van der Waals surface area contributed by atoms with E-state index < -0.39 is 0 Å². The zero-order chi connectivity index (χ0) is 14.3. The third-order valence-corrected chi connectivity index (χ3v) is 3.03. The molecule has 0 radical (unpaired) electrons. The van der Waals surface area contributed by atoms with Gasteiger partial charge >= 0.3 is 0 Å². The lowest BCUT2D eigenvalue weighted by Crippen LogP contribution is -2.37. The van der Waals surface area contributed by atoms with E-state index in [2.05, 4.69) is 55.3 Å². The van der Waals surface area contributed by atoms with E-state index in [0.29, 0.717) is 19.0 Å². The Labute approximate surface area is 117 Å². The van der Waals surface area contributed by atoms with Crippen LogP contribution in [0.2, 0.25) is 0 Å². The van der Waals surface area contributed by atoms with Crippen LogP contribution in [0.3, 0.4) is 0 Å². The van der Waals surface area contributed by atoms with Crippen LogP contribution in [0.5, 0.6) is 0 Å². The summed E-state index contributed by atoms with van der Waals surface area (Å²) in [7, 11) is 2.05. The molecule has 1 atom stereocenters. The van der Waals surface area contributed by atoms with Crippen molar-refractivity contribution in [3.05, 3.63) is 35.4 Å². The summed E-state index contributed by atoms with van der Waals surface area (Å²) in [6, 6.07) is 8.55. The Hall–Kier alpha value is -0.900. The van der Waals surface area contributed by atoms with Crippen LogP contribution in [-0.2, 0) is 6.54 Å². The van der Waals surface area contributed by atoms with Crippen molar-refractivity contribution in [2.45, 2.75) is 33.4 Å². The highest BCUT2D eigenvalue weighted by molar-refractivity contribution is 5.21. The predicted octanol–water partition coefficient (Wildman–Crippen LogP) is 2.03. The van der Waals surface area contributed by atoms with Crippen molar-refractivity contribution < 1.29 is 5.11 Å². The molecule has 0 aliphatic carbocycles. The molecule has 3 heteroatoms. The van der Waals surface area contributed by atoms with E-state index in [0.717, 1.165) is 13.1 Å². The second-order valence-electron chi connectivity index (χ2n) is 5.89. The van der Waals surface area contributed by atoms with E-state index in [1.165, 1.54) is 11.1 Å². The van der Waals surface area contributed by atoms with Crippen molar-refractivity contribution in [3.63, 3.8) is 0 Å². The molecule has 0 saturated heterocycles. The molecule has 3 nitrogen and oxygen atoms in total. The second-order valence-corrected chi connectivity index (χ2v) is 5.89. The Bertz CT molecular complexity index is 348. The zero-order valence-electron chi connectivity index (χ0n) is 12.7. The first kappa shape index (κ1) is 16.2. The lowest BCUT2D eigenvalue weighted by molar-refractivity contribution is 0.120. The number of rotatable bonds is 8. The summed E-state index contributed by atoms with van der Waals surface area (Å²) in [5.41, 5.74) is 2.57. The van der Waals surface area contributed by atoms with Gasteiger partial charge in [-0.2, -0.15) is 0 Å². The Morgan fingerprint density at radius 2 is 1.79 bits per heavy atom. The number of hydrogen-bond donors (Lipinski definition) is 2. The molecule has 1 aromatic rings. The largest absolute Gasteiger partial charge is 0.390 e. The van der Waals surface area contributed by atoms with Crippen molar-refractivity contribution in [2.24, 2.45) is 5.92 Å². The van der Waals surface area contributed by atoms with Crippen LogP contribution in [0.25, 0.3) is 0 Å². The van der Waals surface area contributed by atoms with Gasteiger partial charge in [-0.25, -0.2) is 0 Å². The van der Waals surface area contributed by atoms with Gasteiger partial charge in [0.1, 0.15) is 0 Å². The summed E-state index contributed by atoms with van der Waals surface area (Å²) in [6.07, 6.45) is -0.311. The fourth-order valence-electron chi connectivity index (χ4n) is 2.03. The summed E-state index contributed by atoms with van der Waals surface area (Å²) in [5.74, 6) is 0.623. The maximum atomic E-state index is 9.95. The van der Waals surface area contributed by atoms with Crippen LogP contribution in [0.4, 0.5) is 0 Å². The highest BCUT2D eigenvalue weighted by atomic mass is 16.3. The molecule has 0 saturated carbocycles. The Balaban J connectivity index is 2.26. The smallest absolute Gasteiger partial charge is 0.0791 e. The highest BCUT2D eigenvalue weighted by Gasteiger charge is 2.08. The van der Waals surface area contributed by atoms with Gasteiger partial charge in [-0.3, -0.25) is 4.90 Å². The van der Waals surface area contributed by atoms with Gasteiger partial charge in [0.15, 0.2) is 0 Å². The lowest BCUT2D eigenvalue weighted by Gasteiger charge is -2.21. The molecule has 0 amide bonds. The Morgan fingerprint density at radius 1 is 1.16 bits per heavy atom. The molecule has 0 heterocycles. The maximum absolute atomic E-state index is 9.95. The number of nitrogens with one attached hydrogen (secondary N) is 1. The molecule has 1 aromatic carbocycles. The first-order valence-electron chi connectivity index (χ1n) is 7.10. The summed E-state index contributed by atoms with van der Waals surface area (Å²) in [4.78, 5) is 2.16. The van der Waals surface area contributed by atoms with Gasteiger partial charge in [-0.1, -0.05) is 43.7 Å². The number of aliphatic hydroxyl groups is 1. The quantitative estimate of drug-likeness (QED) is 0.754. The number of likely N-dealkylation sites (N-methyl/N-ethyl adjacent to an activating group) is 1. The molecule has 0 bridgehead atoms. The summed E-state index contributed by atoms with van der Waals surface area (Å²) < 4.78 is 0. The number of aryl methyl sites for hydroxylation is 1. The molecule has 1 unspecified atom stereocenters. The van der Waals surface area contributed by atoms with Gasteiger partial charge in [-0.05, 0) is 32.0 Å². The SMILES string of the molecule is Cc1ccc(CN(C)CC(O)CNCC(C)C)cc1. The average molecular weight is 264 g/mol. The van der Waals surface area contributed by atoms with Crippen LogP contribution < -0.4 is 5.32 Å². The van der Waals surface area contributed by atoms with Crippen LogP contribution in [0, 0.1) is 12.8 Å². The van der Waals surface area contributed by atoms with E-state index in [-0.39, 0.29) is 6.10 Å². The fourth-order valence-corrected chi connectivity index (χ4v) is 2.03. The third-order valence-electron chi connectivity index (χ3n) is 3.03. The van der Waals surface area contributed by atoms with E-state index in [1.807, 2.05) is 7.05 Å². The van der Waals surface area contributed by atoms with E-state index in [1.54, 1.807) is 0 Å². The average Bonchev–Trinajstić information content (AvgIpc) is 2.31. The molecule has 0 aliphatic heterocycles. The van der Waals surface area contributed by atoms with Crippen LogP contribution >= 0.6 is 0 Å². The lowest BCUT2D eigenvalue weighted by atomic mass is 10.1. The van der Waals surface area contributed by atoms with E-state index >= 15 is 0 Å². The van der Waals surface area contributed by atoms with Crippen molar-refractivity contribution in [1.82, 2.24) is 10.2 Å². The van der Waals surface area contributed by atoms with Crippen LogP contribution in [0.15, 0.2) is 24.3 Å². The minimum atomic E-state index is -0.311.